The fraction of sp³-hybridized carbons (Fsp3) is 0.462. The van der Waals surface area contributed by atoms with Gasteiger partial charge in [-0.2, -0.15) is 0 Å². The monoisotopic (exact) mass is 221 g/mol. The van der Waals surface area contributed by atoms with Crippen molar-refractivity contribution in [1.82, 2.24) is 0 Å². The number of aliphatic carboxylic acids is 1. The largest absolute Gasteiger partial charge is 0.481 e. The summed E-state index contributed by atoms with van der Waals surface area (Å²) in [6.45, 7) is 1.99. The van der Waals surface area contributed by atoms with E-state index in [1.54, 1.807) is 0 Å². The van der Waals surface area contributed by atoms with Crippen LogP contribution in [0.5, 0.6) is 0 Å². The molecule has 16 heavy (non-hydrogen) atoms. The van der Waals surface area contributed by atoms with Crippen molar-refractivity contribution in [3.8, 4) is 0 Å². The first-order valence-corrected chi connectivity index (χ1v) is 5.63. The predicted octanol–water partition coefficient (Wildman–Crippen LogP) is 1.98. The zero-order valence-electron chi connectivity index (χ0n) is 9.65. The second kappa shape index (κ2) is 6.28. The van der Waals surface area contributed by atoms with Crippen molar-refractivity contribution in [2.75, 3.05) is 0 Å². The number of rotatable bonds is 6. The maximum Gasteiger partial charge on any atom is 0.303 e. The molecule has 0 radical (unpaired) electrons. The fourth-order valence-corrected chi connectivity index (χ4v) is 1.66. The minimum atomic E-state index is -0.728. The molecular weight excluding hydrogens is 202 g/mol. The van der Waals surface area contributed by atoms with Crippen LogP contribution in [0.4, 0.5) is 0 Å². The number of carbonyl (C=O) groups is 1. The smallest absolute Gasteiger partial charge is 0.303 e. The number of hydrogen-bond donors (Lipinski definition) is 2. The highest BCUT2D eigenvalue weighted by molar-refractivity contribution is 5.66. The Morgan fingerprint density at radius 1 is 1.31 bits per heavy atom. The van der Waals surface area contributed by atoms with Gasteiger partial charge in [-0.3, -0.25) is 4.79 Å². The summed E-state index contributed by atoms with van der Waals surface area (Å²) in [5, 5.41) is 8.52. The molecule has 0 saturated carbocycles. The second-order valence-electron chi connectivity index (χ2n) is 4.25. The van der Waals surface area contributed by atoms with Crippen LogP contribution >= 0.6 is 0 Å². The zero-order chi connectivity index (χ0) is 12.0. The minimum absolute atomic E-state index is 0.179. The van der Waals surface area contributed by atoms with Crippen molar-refractivity contribution in [3.05, 3.63) is 35.4 Å². The van der Waals surface area contributed by atoms with Crippen LogP contribution in [0, 0.1) is 0 Å². The number of aryl methyl sites for hydroxylation is 1. The molecule has 1 rings (SSSR count). The van der Waals surface area contributed by atoms with Crippen molar-refractivity contribution < 1.29 is 9.90 Å². The molecule has 0 bridgehead atoms. The average Bonchev–Trinajstić information content (AvgIpc) is 2.19. The standard InChI is InChI=1S/C13H19NO2/c1-10(14)9-12-7-5-11(6-8-12)3-2-4-13(15)16/h5-8,10H,2-4,9,14H2,1H3,(H,15,16). The minimum Gasteiger partial charge on any atom is -0.481 e. The molecule has 0 aliphatic heterocycles. The lowest BCUT2D eigenvalue weighted by Crippen LogP contribution is -2.17. The highest BCUT2D eigenvalue weighted by Crippen LogP contribution is 2.09. The van der Waals surface area contributed by atoms with Crippen LogP contribution in [0.3, 0.4) is 0 Å². The van der Waals surface area contributed by atoms with Crippen molar-refractivity contribution in [1.29, 1.82) is 0 Å². The van der Waals surface area contributed by atoms with E-state index in [4.69, 9.17) is 10.8 Å². The molecule has 0 aliphatic carbocycles. The molecule has 3 N–H and O–H groups in total. The van der Waals surface area contributed by atoms with Crippen molar-refractivity contribution in [2.24, 2.45) is 5.73 Å². The summed E-state index contributed by atoms with van der Waals surface area (Å²) in [6, 6.07) is 8.43. The fourth-order valence-electron chi connectivity index (χ4n) is 1.66. The third-order valence-electron chi connectivity index (χ3n) is 2.44. The Hall–Kier alpha value is -1.35. The molecule has 0 aliphatic rings. The molecule has 1 unspecified atom stereocenters. The van der Waals surface area contributed by atoms with Gasteiger partial charge in [0.05, 0.1) is 0 Å². The third kappa shape index (κ3) is 4.94. The molecule has 88 valence electrons. The zero-order valence-corrected chi connectivity index (χ0v) is 9.65. The van der Waals surface area contributed by atoms with E-state index in [2.05, 4.69) is 24.3 Å². The van der Waals surface area contributed by atoms with E-state index in [1.807, 2.05) is 6.92 Å². The van der Waals surface area contributed by atoms with Gasteiger partial charge in [0, 0.05) is 12.5 Å². The molecule has 1 aromatic rings. The van der Waals surface area contributed by atoms with Gasteiger partial charge in [0.15, 0.2) is 0 Å². The van der Waals surface area contributed by atoms with E-state index >= 15 is 0 Å². The van der Waals surface area contributed by atoms with E-state index in [0.717, 1.165) is 12.8 Å². The quantitative estimate of drug-likeness (QED) is 0.772. The van der Waals surface area contributed by atoms with Gasteiger partial charge >= 0.3 is 5.97 Å². The number of carboxylic acids is 1. The highest BCUT2D eigenvalue weighted by Gasteiger charge is 2.00. The second-order valence-corrected chi connectivity index (χ2v) is 4.25. The number of nitrogens with two attached hydrogens (primary N) is 1. The summed E-state index contributed by atoms with van der Waals surface area (Å²) in [6.07, 6.45) is 2.64. The van der Waals surface area contributed by atoms with E-state index in [1.165, 1.54) is 11.1 Å². The molecule has 0 saturated heterocycles. The van der Waals surface area contributed by atoms with Gasteiger partial charge in [-0.15, -0.1) is 0 Å². The summed E-state index contributed by atoms with van der Waals surface area (Å²) in [5.41, 5.74) is 8.13. The Morgan fingerprint density at radius 3 is 2.38 bits per heavy atom. The Labute approximate surface area is 96.3 Å². The molecular formula is C13H19NO2. The van der Waals surface area contributed by atoms with Crippen molar-refractivity contribution in [2.45, 2.75) is 38.6 Å². The molecule has 1 aromatic carbocycles. The molecule has 0 heterocycles. The van der Waals surface area contributed by atoms with Crippen LogP contribution in [0.2, 0.25) is 0 Å². The number of carboxylic acid groups (broad SMARTS) is 1. The predicted molar refractivity (Wildman–Crippen MR) is 64.4 cm³/mol. The van der Waals surface area contributed by atoms with Crippen LogP contribution in [-0.2, 0) is 17.6 Å². The molecule has 3 heteroatoms. The van der Waals surface area contributed by atoms with Crippen LogP contribution in [0.1, 0.15) is 30.9 Å². The van der Waals surface area contributed by atoms with Gasteiger partial charge in [0.1, 0.15) is 0 Å². The van der Waals surface area contributed by atoms with Crippen LogP contribution in [0.25, 0.3) is 0 Å². The Morgan fingerprint density at radius 2 is 1.88 bits per heavy atom. The van der Waals surface area contributed by atoms with Gasteiger partial charge in [-0.1, -0.05) is 24.3 Å². The Balaban J connectivity index is 2.42. The highest BCUT2D eigenvalue weighted by atomic mass is 16.4. The number of benzene rings is 1. The summed E-state index contributed by atoms with van der Waals surface area (Å²) in [5.74, 6) is -0.728. The summed E-state index contributed by atoms with van der Waals surface area (Å²) < 4.78 is 0. The van der Waals surface area contributed by atoms with Gasteiger partial charge < -0.3 is 10.8 Å². The van der Waals surface area contributed by atoms with Gasteiger partial charge in [0.25, 0.3) is 0 Å². The van der Waals surface area contributed by atoms with E-state index in [9.17, 15) is 4.79 Å². The summed E-state index contributed by atoms with van der Waals surface area (Å²) in [4.78, 5) is 10.4. The van der Waals surface area contributed by atoms with Gasteiger partial charge in [-0.25, -0.2) is 0 Å². The topological polar surface area (TPSA) is 63.3 Å². The van der Waals surface area contributed by atoms with Crippen molar-refractivity contribution in [3.63, 3.8) is 0 Å². The molecule has 0 spiro atoms. The van der Waals surface area contributed by atoms with Crippen LogP contribution < -0.4 is 5.73 Å². The molecule has 0 aromatic heterocycles. The third-order valence-corrected chi connectivity index (χ3v) is 2.44. The average molecular weight is 221 g/mol. The molecule has 0 amide bonds. The maximum atomic E-state index is 10.4. The molecule has 0 fully saturated rings. The Kier molecular flexibility index (Phi) is 4.99. The first kappa shape index (κ1) is 12.7. The summed E-state index contributed by atoms with van der Waals surface area (Å²) in [7, 11) is 0. The van der Waals surface area contributed by atoms with Crippen LogP contribution in [0.15, 0.2) is 24.3 Å². The van der Waals surface area contributed by atoms with E-state index in [0.29, 0.717) is 6.42 Å². The first-order valence-electron chi connectivity index (χ1n) is 5.63. The maximum absolute atomic E-state index is 10.4. The molecule has 3 nitrogen and oxygen atoms in total. The molecule has 1 atom stereocenters. The van der Waals surface area contributed by atoms with Crippen molar-refractivity contribution >= 4 is 5.97 Å². The normalized spacial score (nSPS) is 12.4. The first-order chi connectivity index (χ1) is 7.58. The van der Waals surface area contributed by atoms with Crippen LogP contribution in [-0.4, -0.2) is 17.1 Å². The lowest BCUT2D eigenvalue weighted by Gasteiger charge is -2.06. The number of hydrogen-bond acceptors (Lipinski definition) is 2. The van der Waals surface area contributed by atoms with Gasteiger partial charge in [-0.05, 0) is 37.3 Å². The SMILES string of the molecule is CC(N)Cc1ccc(CCCC(=O)O)cc1. The van der Waals surface area contributed by atoms with Gasteiger partial charge in [0.2, 0.25) is 0 Å². The van der Waals surface area contributed by atoms with E-state index < -0.39 is 5.97 Å². The van der Waals surface area contributed by atoms with E-state index in [-0.39, 0.29) is 12.5 Å². The lowest BCUT2D eigenvalue weighted by molar-refractivity contribution is -0.137. The lowest BCUT2D eigenvalue weighted by atomic mass is 10.0. The Bertz CT molecular complexity index is 330. The summed E-state index contributed by atoms with van der Waals surface area (Å²) >= 11 is 0.